The average molecular weight is 194 g/mol. The Balaban J connectivity index is 2.42. The van der Waals surface area contributed by atoms with Crippen molar-refractivity contribution in [1.29, 1.82) is 0 Å². The number of carbonyl (C=O) groups excluding carboxylic acids is 1. The summed E-state index contributed by atoms with van der Waals surface area (Å²) in [5.74, 6) is 5.93. The van der Waals surface area contributed by atoms with Crippen LogP contribution in [0.1, 0.15) is 27.2 Å². The van der Waals surface area contributed by atoms with E-state index < -0.39 is 0 Å². The number of amides is 1. The maximum atomic E-state index is 11.8. The Labute approximate surface area is 85.9 Å². The zero-order valence-electron chi connectivity index (χ0n) is 9.13. The molecule has 0 radical (unpaired) electrons. The first kappa shape index (κ1) is 11.1. The molecule has 0 bridgehead atoms. The van der Waals surface area contributed by atoms with E-state index in [0.717, 1.165) is 13.0 Å². The fourth-order valence-electron chi connectivity index (χ4n) is 1.67. The van der Waals surface area contributed by atoms with Gasteiger partial charge in [0.05, 0.1) is 12.6 Å². The van der Waals surface area contributed by atoms with Gasteiger partial charge in [0.15, 0.2) is 0 Å². The molecule has 0 aromatic carbocycles. The minimum Gasteiger partial charge on any atom is -0.339 e. The average Bonchev–Trinajstić information content (AvgIpc) is 2.48. The van der Waals surface area contributed by atoms with Gasteiger partial charge in [-0.15, -0.1) is 5.92 Å². The summed E-state index contributed by atoms with van der Waals surface area (Å²) in [5.41, 5.74) is 0. The largest absolute Gasteiger partial charge is 0.339 e. The molecule has 14 heavy (non-hydrogen) atoms. The Morgan fingerprint density at radius 2 is 2.36 bits per heavy atom. The zero-order chi connectivity index (χ0) is 10.6. The second-order valence-electron chi connectivity index (χ2n) is 3.77. The van der Waals surface area contributed by atoms with Crippen LogP contribution >= 0.6 is 0 Å². The first-order valence-electron chi connectivity index (χ1n) is 5.10. The van der Waals surface area contributed by atoms with Crippen molar-refractivity contribution < 1.29 is 4.79 Å². The van der Waals surface area contributed by atoms with Crippen molar-refractivity contribution in [2.45, 2.75) is 39.3 Å². The third-order valence-corrected chi connectivity index (χ3v) is 2.48. The van der Waals surface area contributed by atoms with Crippen LogP contribution in [0.3, 0.4) is 0 Å². The van der Waals surface area contributed by atoms with Gasteiger partial charge in [-0.05, 0) is 27.2 Å². The minimum atomic E-state index is -0.0155. The summed E-state index contributed by atoms with van der Waals surface area (Å²) in [4.78, 5) is 13.7. The van der Waals surface area contributed by atoms with Crippen LogP contribution in [0.15, 0.2) is 0 Å². The first-order valence-corrected chi connectivity index (χ1v) is 5.10. The van der Waals surface area contributed by atoms with Gasteiger partial charge in [0.2, 0.25) is 5.91 Å². The molecule has 1 fully saturated rings. The number of hydrogen-bond acceptors (Lipinski definition) is 2. The number of likely N-dealkylation sites (tertiary alicyclic amines) is 1. The van der Waals surface area contributed by atoms with Crippen LogP contribution in [0.4, 0.5) is 0 Å². The summed E-state index contributed by atoms with van der Waals surface area (Å²) in [6, 6.07) is 0.296. The lowest BCUT2D eigenvalue weighted by Gasteiger charge is -2.20. The summed E-state index contributed by atoms with van der Waals surface area (Å²) >= 11 is 0. The van der Waals surface area contributed by atoms with Gasteiger partial charge >= 0.3 is 0 Å². The second-order valence-corrected chi connectivity index (χ2v) is 3.77. The molecule has 1 saturated heterocycles. The number of nitrogens with one attached hydrogen (secondary N) is 1. The summed E-state index contributed by atoms with van der Waals surface area (Å²) in [6.07, 6.45) is 0.905. The summed E-state index contributed by atoms with van der Waals surface area (Å²) < 4.78 is 0. The van der Waals surface area contributed by atoms with Crippen LogP contribution in [0.5, 0.6) is 0 Å². The monoisotopic (exact) mass is 194 g/mol. The fraction of sp³-hybridized carbons (Fsp3) is 0.727. The molecule has 0 aliphatic carbocycles. The normalized spacial score (nSPS) is 21.3. The molecule has 0 aromatic heterocycles. The van der Waals surface area contributed by atoms with E-state index in [9.17, 15) is 4.79 Å². The molecule has 3 heteroatoms. The molecular weight excluding hydrogens is 176 g/mol. The van der Waals surface area contributed by atoms with Crippen molar-refractivity contribution in [3.05, 3.63) is 0 Å². The third-order valence-electron chi connectivity index (χ3n) is 2.48. The molecule has 1 atom stereocenters. The zero-order valence-corrected chi connectivity index (χ0v) is 9.13. The number of carbonyl (C=O) groups is 1. The smallest absolute Gasteiger partial charge is 0.240 e. The second kappa shape index (κ2) is 5.02. The van der Waals surface area contributed by atoms with Crippen LogP contribution in [-0.4, -0.2) is 36.0 Å². The van der Waals surface area contributed by atoms with Crippen LogP contribution in [0.2, 0.25) is 0 Å². The van der Waals surface area contributed by atoms with Gasteiger partial charge in [-0.3, -0.25) is 10.1 Å². The SMILES string of the molecule is CC#CCNC1CCN(C(C)C)C1=O. The lowest BCUT2D eigenvalue weighted by molar-refractivity contribution is -0.130. The molecule has 1 aliphatic heterocycles. The van der Waals surface area contributed by atoms with Gasteiger partial charge in [0, 0.05) is 12.6 Å². The molecule has 3 nitrogen and oxygen atoms in total. The van der Waals surface area contributed by atoms with Gasteiger partial charge in [-0.1, -0.05) is 5.92 Å². The highest BCUT2D eigenvalue weighted by Gasteiger charge is 2.32. The van der Waals surface area contributed by atoms with Crippen molar-refractivity contribution in [2.24, 2.45) is 0 Å². The maximum absolute atomic E-state index is 11.8. The first-order chi connectivity index (χ1) is 6.66. The van der Waals surface area contributed by atoms with E-state index in [4.69, 9.17) is 0 Å². The Kier molecular flexibility index (Phi) is 3.97. The van der Waals surface area contributed by atoms with Crippen molar-refractivity contribution in [1.82, 2.24) is 10.2 Å². The van der Waals surface area contributed by atoms with E-state index in [1.165, 1.54) is 0 Å². The molecular formula is C11H18N2O. The van der Waals surface area contributed by atoms with Gasteiger partial charge in [0.1, 0.15) is 0 Å². The van der Waals surface area contributed by atoms with E-state index in [2.05, 4.69) is 17.2 Å². The standard InChI is InChI=1S/C11H18N2O/c1-4-5-7-12-10-6-8-13(9(2)3)11(10)14/h9-10,12H,6-8H2,1-3H3. The Bertz CT molecular complexity index is 262. The summed E-state index contributed by atoms with van der Waals surface area (Å²) in [6.45, 7) is 7.38. The molecule has 1 amide bonds. The predicted octanol–water partition coefficient (Wildman–Crippen LogP) is 0.609. The summed E-state index contributed by atoms with van der Waals surface area (Å²) in [7, 11) is 0. The van der Waals surface area contributed by atoms with Crippen molar-refractivity contribution in [2.75, 3.05) is 13.1 Å². The highest BCUT2D eigenvalue weighted by molar-refractivity contribution is 5.84. The fourth-order valence-corrected chi connectivity index (χ4v) is 1.67. The highest BCUT2D eigenvalue weighted by Crippen LogP contribution is 2.13. The van der Waals surface area contributed by atoms with E-state index in [1.54, 1.807) is 6.92 Å². The molecule has 1 N–H and O–H groups in total. The van der Waals surface area contributed by atoms with Crippen molar-refractivity contribution in [3.63, 3.8) is 0 Å². The quantitative estimate of drug-likeness (QED) is 0.668. The van der Waals surface area contributed by atoms with Gasteiger partial charge < -0.3 is 4.90 Å². The highest BCUT2D eigenvalue weighted by atomic mass is 16.2. The Morgan fingerprint density at radius 3 is 2.86 bits per heavy atom. The molecule has 78 valence electrons. The van der Waals surface area contributed by atoms with E-state index >= 15 is 0 Å². The topological polar surface area (TPSA) is 32.3 Å². The van der Waals surface area contributed by atoms with E-state index in [1.807, 2.05) is 18.7 Å². The molecule has 1 rings (SSSR count). The molecule has 1 heterocycles. The van der Waals surface area contributed by atoms with Gasteiger partial charge in [-0.2, -0.15) is 0 Å². The van der Waals surface area contributed by atoms with Gasteiger partial charge in [-0.25, -0.2) is 0 Å². The lowest BCUT2D eigenvalue weighted by atomic mass is 10.2. The molecule has 0 saturated carbocycles. The van der Waals surface area contributed by atoms with Crippen LogP contribution in [0.25, 0.3) is 0 Å². The Morgan fingerprint density at radius 1 is 1.64 bits per heavy atom. The minimum absolute atomic E-state index is 0.0155. The number of hydrogen-bond donors (Lipinski definition) is 1. The van der Waals surface area contributed by atoms with Crippen LogP contribution < -0.4 is 5.32 Å². The molecule has 1 aliphatic rings. The van der Waals surface area contributed by atoms with E-state index in [0.29, 0.717) is 12.6 Å². The van der Waals surface area contributed by atoms with Gasteiger partial charge in [0.25, 0.3) is 0 Å². The Hall–Kier alpha value is -1.01. The predicted molar refractivity (Wildman–Crippen MR) is 56.7 cm³/mol. The van der Waals surface area contributed by atoms with Crippen LogP contribution in [0, 0.1) is 11.8 Å². The molecule has 0 spiro atoms. The molecule has 0 aromatic rings. The molecule has 1 unspecified atom stereocenters. The van der Waals surface area contributed by atoms with Crippen molar-refractivity contribution in [3.8, 4) is 11.8 Å². The van der Waals surface area contributed by atoms with Crippen LogP contribution in [-0.2, 0) is 4.79 Å². The maximum Gasteiger partial charge on any atom is 0.240 e. The van der Waals surface area contributed by atoms with Crippen molar-refractivity contribution >= 4 is 5.91 Å². The lowest BCUT2D eigenvalue weighted by Crippen LogP contribution is -2.40. The summed E-state index contributed by atoms with van der Waals surface area (Å²) in [5, 5.41) is 3.15. The number of rotatable bonds is 3. The number of nitrogens with zero attached hydrogens (tertiary/aromatic N) is 1. The van der Waals surface area contributed by atoms with E-state index in [-0.39, 0.29) is 11.9 Å². The third kappa shape index (κ3) is 2.49.